The summed E-state index contributed by atoms with van der Waals surface area (Å²) in [6.07, 6.45) is -5.36. The van der Waals surface area contributed by atoms with Crippen LogP contribution in [0.15, 0.2) is 35.3 Å². The third-order valence-corrected chi connectivity index (χ3v) is 8.26. The lowest BCUT2D eigenvalue weighted by Crippen LogP contribution is -2.61. The zero-order valence-corrected chi connectivity index (χ0v) is 24.6. The Morgan fingerprint density at radius 2 is 1.67 bits per heavy atom. The number of nitrogens with zero attached hydrogens (tertiary/aromatic N) is 2. The maximum Gasteiger partial charge on any atom is 0.410 e. The standard InChI is InChI=1S/C26H24Cl3F3N2O3.C2H6/c1-23(2,3)37-22(35)34-12-25(13-34)17-5-4-14(6-15(17)10-36-25)20-9-24(11-33-20,26(30,31)32)16-7-18(27)21(29)19(28)8-16;1-2/h4-8H,9-13H2,1-3H3;1-2H3. The van der Waals surface area contributed by atoms with E-state index in [0.29, 0.717) is 31.0 Å². The van der Waals surface area contributed by atoms with Crippen LogP contribution in [0.25, 0.3) is 0 Å². The van der Waals surface area contributed by atoms with Gasteiger partial charge < -0.3 is 14.4 Å². The van der Waals surface area contributed by atoms with Crippen LogP contribution >= 0.6 is 34.8 Å². The number of fused-ring (bicyclic) bond motifs is 2. The van der Waals surface area contributed by atoms with Crippen LogP contribution in [0.2, 0.25) is 15.1 Å². The smallest absolute Gasteiger partial charge is 0.410 e. The molecule has 0 N–H and O–H groups in total. The predicted molar refractivity (Wildman–Crippen MR) is 147 cm³/mol. The van der Waals surface area contributed by atoms with Crippen LogP contribution in [0.5, 0.6) is 0 Å². The van der Waals surface area contributed by atoms with Crippen LogP contribution in [0, 0.1) is 0 Å². The molecule has 3 heterocycles. The van der Waals surface area contributed by atoms with Crippen molar-refractivity contribution in [1.82, 2.24) is 4.90 Å². The molecule has 0 bridgehead atoms. The second-order valence-corrected chi connectivity index (χ2v) is 12.0. The summed E-state index contributed by atoms with van der Waals surface area (Å²) in [5.41, 5.74) is -0.836. The van der Waals surface area contributed by atoms with Crippen LogP contribution in [0.3, 0.4) is 0 Å². The number of hydrogen-bond donors (Lipinski definition) is 0. The lowest BCUT2D eigenvalue weighted by Gasteiger charge is -2.47. The van der Waals surface area contributed by atoms with E-state index in [1.807, 2.05) is 26.0 Å². The summed E-state index contributed by atoms with van der Waals surface area (Å²) in [6.45, 7) is 9.93. The van der Waals surface area contributed by atoms with E-state index in [1.165, 1.54) is 12.1 Å². The van der Waals surface area contributed by atoms with Crippen LogP contribution in [-0.4, -0.2) is 48.1 Å². The maximum absolute atomic E-state index is 14.5. The molecule has 3 aliphatic rings. The first-order valence-electron chi connectivity index (χ1n) is 12.6. The molecule has 3 aliphatic heterocycles. The number of amides is 1. The molecule has 0 saturated carbocycles. The van der Waals surface area contributed by atoms with Crippen molar-refractivity contribution in [2.24, 2.45) is 4.99 Å². The summed E-state index contributed by atoms with van der Waals surface area (Å²) >= 11 is 18.1. The molecule has 0 aliphatic carbocycles. The fourth-order valence-corrected chi connectivity index (χ4v) is 5.71. The van der Waals surface area contributed by atoms with Gasteiger partial charge in [-0.05, 0) is 61.2 Å². The van der Waals surface area contributed by atoms with Gasteiger partial charge in [0.1, 0.15) is 16.6 Å². The number of likely N-dealkylation sites (tertiary alicyclic amines) is 1. The molecule has 5 rings (SSSR count). The molecule has 1 amide bonds. The number of benzene rings is 2. The monoisotopic (exact) mass is 604 g/mol. The van der Waals surface area contributed by atoms with Crippen LogP contribution in [0.4, 0.5) is 18.0 Å². The summed E-state index contributed by atoms with van der Waals surface area (Å²) in [7, 11) is 0. The van der Waals surface area contributed by atoms with Crippen molar-refractivity contribution in [3.05, 3.63) is 67.7 Å². The first-order valence-corrected chi connectivity index (χ1v) is 13.8. The summed E-state index contributed by atoms with van der Waals surface area (Å²) in [6, 6.07) is 7.88. The fraction of sp³-hybridized carbons (Fsp3) is 0.500. The zero-order chi connectivity index (χ0) is 29.0. The van der Waals surface area contributed by atoms with E-state index in [-0.39, 0.29) is 27.1 Å². The van der Waals surface area contributed by atoms with Gasteiger partial charge in [-0.3, -0.25) is 4.99 Å². The highest BCUT2D eigenvalue weighted by Crippen LogP contribution is 2.50. The summed E-state index contributed by atoms with van der Waals surface area (Å²) in [4.78, 5) is 18.3. The Kier molecular flexibility index (Phi) is 8.02. The number of hydrogen-bond acceptors (Lipinski definition) is 4. The van der Waals surface area contributed by atoms with E-state index in [9.17, 15) is 18.0 Å². The average molecular weight is 606 g/mol. The third kappa shape index (κ3) is 5.37. The van der Waals surface area contributed by atoms with Crippen molar-refractivity contribution < 1.29 is 27.4 Å². The van der Waals surface area contributed by atoms with E-state index in [0.717, 1.165) is 11.1 Å². The topological polar surface area (TPSA) is 51.1 Å². The molecule has 1 spiro atoms. The average Bonchev–Trinajstić information content (AvgIpc) is 3.44. The third-order valence-electron chi connectivity index (χ3n) is 7.07. The number of carbonyl (C=O) groups excluding carboxylic acids is 1. The molecule has 212 valence electrons. The minimum atomic E-state index is -4.60. The number of aliphatic imine (C=N–C) groups is 1. The Bertz CT molecular complexity index is 1290. The minimum Gasteiger partial charge on any atom is -0.444 e. The number of halogens is 6. The maximum atomic E-state index is 14.5. The lowest BCUT2D eigenvalue weighted by molar-refractivity contribution is -0.183. The van der Waals surface area contributed by atoms with Crippen LogP contribution in [0.1, 0.15) is 63.3 Å². The van der Waals surface area contributed by atoms with Crippen molar-refractivity contribution in [1.29, 1.82) is 0 Å². The van der Waals surface area contributed by atoms with Gasteiger partial charge in [0, 0.05) is 12.1 Å². The first kappa shape index (κ1) is 30.0. The van der Waals surface area contributed by atoms with Crippen LogP contribution < -0.4 is 0 Å². The predicted octanol–water partition coefficient (Wildman–Crippen LogP) is 8.34. The highest BCUT2D eigenvalue weighted by Gasteiger charge is 2.59. The first-order chi connectivity index (χ1) is 18.1. The Labute approximate surface area is 241 Å². The quantitative estimate of drug-likeness (QED) is 0.323. The summed E-state index contributed by atoms with van der Waals surface area (Å²) < 4.78 is 54.9. The number of rotatable bonds is 2. The molecule has 5 nitrogen and oxygen atoms in total. The van der Waals surface area contributed by atoms with Gasteiger partial charge in [-0.2, -0.15) is 13.2 Å². The Morgan fingerprint density at radius 3 is 2.23 bits per heavy atom. The van der Waals surface area contributed by atoms with E-state index < -0.39 is 35.4 Å². The minimum absolute atomic E-state index is 0.0114. The van der Waals surface area contributed by atoms with Gasteiger partial charge in [-0.25, -0.2) is 4.79 Å². The fourth-order valence-electron chi connectivity index (χ4n) is 5.12. The van der Waals surface area contributed by atoms with E-state index in [1.54, 1.807) is 31.7 Å². The second kappa shape index (κ2) is 10.4. The van der Waals surface area contributed by atoms with E-state index in [4.69, 9.17) is 44.3 Å². The Morgan fingerprint density at radius 1 is 1.05 bits per heavy atom. The highest BCUT2D eigenvalue weighted by molar-refractivity contribution is 6.48. The SMILES string of the molecule is CC.CC(C)(C)OC(=O)N1CC2(C1)OCc1cc(C3=NCC(c4cc(Cl)c(Cl)c(Cl)c4)(C(F)(F)F)C3)ccc12. The second-order valence-electron chi connectivity index (χ2n) is 10.8. The lowest BCUT2D eigenvalue weighted by atomic mass is 9.76. The van der Waals surface area contributed by atoms with Gasteiger partial charge in [0.25, 0.3) is 0 Å². The zero-order valence-electron chi connectivity index (χ0n) is 22.3. The van der Waals surface area contributed by atoms with Gasteiger partial charge in [0.15, 0.2) is 0 Å². The largest absolute Gasteiger partial charge is 0.444 e. The molecule has 0 aromatic heterocycles. The Balaban J connectivity index is 0.00000172. The van der Waals surface area contributed by atoms with Crippen molar-refractivity contribution in [3.63, 3.8) is 0 Å². The molecule has 1 atom stereocenters. The van der Waals surface area contributed by atoms with Gasteiger partial charge in [-0.15, -0.1) is 0 Å². The van der Waals surface area contributed by atoms with Gasteiger partial charge in [0.2, 0.25) is 0 Å². The molecule has 0 radical (unpaired) electrons. The molecule has 11 heteroatoms. The van der Waals surface area contributed by atoms with Gasteiger partial charge >= 0.3 is 12.3 Å². The number of ether oxygens (including phenoxy) is 2. The van der Waals surface area contributed by atoms with Crippen molar-refractivity contribution in [2.45, 2.75) is 70.4 Å². The van der Waals surface area contributed by atoms with Crippen molar-refractivity contribution >= 4 is 46.6 Å². The molecular weight excluding hydrogens is 576 g/mol. The van der Waals surface area contributed by atoms with Gasteiger partial charge in [-0.1, -0.05) is 60.8 Å². The van der Waals surface area contributed by atoms with Crippen LogP contribution in [-0.2, 0) is 27.1 Å². The van der Waals surface area contributed by atoms with E-state index >= 15 is 0 Å². The molecule has 1 unspecified atom stereocenters. The molecule has 1 fully saturated rings. The van der Waals surface area contributed by atoms with Crippen molar-refractivity contribution in [3.8, 4) is 0 Å². The number of alkyl halides is 3. The Hall–Kier alpha value is -2.00. The molecule has 2 aromatic carbocycles. The van der Waals surface area contributed by atoms with Gasteiger partial charge in [0.05, 0.1) is 41.3 Å². The normalized spacial score (nSPS) is 21.6. The van der Waals surface area contributed by atoms with Crippen molar-refractivity contribution in [2.75, 3.05) is 19.6 Å². The molecule has 2 aromatic rings. The molecule has 1 saturated heterocycles. The highest BCUT2D eigenvalue weighted by atomic mass is 35.5. The number of carbonyl (C=O) groups is 1. The molecule has 39 heavy (non-hydrogen) atoms. The molecular formula is C28H30Cl3F3N2O3. The summed E-state index contributed by atoms with van der Waals surface area (Å²) in [5, 5.41) is -0.0680. The summed E-state index contributed by atoms with van der Waals surface area (Å²) in [5.74, 6) is 0. The van der Waals surface area contributed by atoms with E-state index in [2.05, 4.69) is 4.99 Å².